The molecule has 1 heterocycles. The maximum Gasteiger partial charge on any atom is 0.373 e. The van der Waals surface area contributed by atoms with Gasteiger partial charge in [0.1, 0.15) is 0 Å². The van der Waals surface area contributed by atoms with Crippen LogP contribution in [0.2, 0.25) is 0 Å². The molecule has 0 N–H and O–H groups in total. The molecule has 0 saturated heterocycles. The molecule has 0 aliphatic heterocycles. The minimum atomic E-state index is -0.543. The maximum atomic E-state index is 12.2. The number of rotatable bonds is 4. The van der Waals surface area contributed by atoms with Crippen molar-refractivity contribution in [1.29, 1.82) is 0 Å². The smallest absolute Gasteiger partial charge is 0.373 e. The van der Waals surface area contributed by atoms with E-state index >= 15 is 0 Å². The highest BCUT2D eigenvalue weighted by molar-refractivity contribution is 5.95. The predicted molar refractivity (Wildman–Crippen MR) is 67.9 cm³/mol. The summed E-state index contributed by atoms with van der Waals surface area (Å²) in [4.78, 5) is 23.4. The van der Waals surface area contributed by atoms with E-state index in [0.717, 1.165) is 11.8 Å². The van der Waals surface area contributed by atoms with Crippen LogP contribution in [0.4, 0.5) is 0 Å². The fraction of sp³-hybridized carbons (Fsp3) is 0.600. The Morgan fingerprint density at radius 3 is 2.68 bits per heavy atom. The summed E-state index contributed by atoms with van der Waals surface area (Å²) in [6.07, 6.45) is 5.64. The van der Waals surface area contributed by atoms with Crippen molar-refractivity contribution in [2.24, 2.45) is 17.8 Å². The molecule has 1 aromatic heterocycles. The number of fused-ring (bicyclic) bond motifs is 2. The molecule has 3 rings (SSSR count). The summed E-state index contributed by atoms with van der Waals surface area (Å²) >= 11 is 0. The van der Waals surface area contributed by atoms with Crippen LogP contribution < -0.4 is 0 Å². The zero-order valence-electron chi connectivity index (χ0n) is 11.1. The number of Topliss-reactive ketones (excluding diaryl/α,β-unsaturated/α-hetero) is 1. The highest BCUT2D eigenvalue weighted by Crippen LogP contribution is 2.49. The number of ketones is 1. The molecule has 2 saturated carbocycles. The van der Waals surface area contributed by atoms with Gasteiger partial charge < -0.3 is 9.15 Å². The molecule has 102 valence electrons. The topological polar surface area (TPSA) is 56.5 Å². The molecule has 0 aromatic carbocycles. The number of hydrogen-bond acceptors (Lipinski definition) is 4. The zero-order chi connectivity index (χ0) is 13.4. The summed E-state index contributed by atoms with van der Waals surface area (Å²) in [7, 11) is 1.29. The van der Waals surface area contributed by atoms with Crippen molar-refractivity contribution < 1.29 is 18.7 Å². The molecule has 0 amide bonds. The second-order valence-electron chi connectivity index (χ2n) is 5.72. The third-order valence-electron chi connectivity index (χ3n) is 4.60. The molecule has 1 aromatic rings. The van der Waals surface area contributed by atoms with Gasteiger partial charge in [-0.25, -0.2) is 4.79 Å². The number of furan rings is 1. The van der Waals surface area contributed by atoms with E-state index in [1.54, 1.807) is 6.07 Å². The lowest BCUT2D eigenvalue weighted by Gasteiger charge is -2.20. The van der Waals surface area contributed by atoms with E-state index in [1.807, 2.05) is 0 Å². The molecule has 2 aliphatic carbocycles. The lowest BCUT2D eigenvalue weighted by atomic mass is 9.85. The molecule has 4 heteroatoms. The summed E-state index contributed by atoms with van der Waals surface area (Å²) in [6, 6.07) is 3.07. The Morgan fingerprint density at radius 1 is 1.26 bits per heavy atom. The van der Waals surface area contributed by atoms with Crippen LogP contribution >= 0.6 is 0 Å². The minimum Gasteiger partial charge on any atom is -0.463 e. The predicted octanol–water partition coefficient (Wildman–Crippen LogP) is 3.08. The first-order valence-corrected chi connectivity index (χ1v) is 6.88. The molecular formula is C15H18O4. The Balaban J connectivity index is 1.64. The third-order valence-corrected chi connectivity index (χ3v) is 4.60. The molecule has 0 spiro atoms. The molecule has 3 atom stereocenters. The first kappa shape index (κ1) is 12.5. The zero-order valence-corrected chi connectivity index (χ0v) is 11.1. The van der Waals surface area contributed by atoms with Crippen molar-refractivity contribution in [2.75, 3.05) is 7.11 Å². The maximum absolute atomic E-state index is 12.2. The molecular weight excluding hydrogens is 244 g/mol. The molecule has 3 unspecified atom stereocenters. The summed E-state index contributed by atoms with van der Waals surface area (Å²) in [5, 5.41) is 0. The van der Waals surface area contributed by atoms with E-state index in [2.05, 4.69) is 4.74 Å². The second kappa shape index (κ2) is 4.83. The van der Waals surface area contributed by atoms with Crippen LogP contribution in [0.5, 0.6) is 0 Å². The first-order valence-electron chi connectivity index (χ1n) is 6.88. The molecule has 2 fully saturated rings. The van der Waals surface area contributed by atoms with Gasteiger partial charge >= 0.3 is 5.97 Å². The van der Waals surface area contributed by atoms with Crippen molar-refractivity contribution in [2.45, 2.75) is 32.1 Å². The minimum absolute atomic E-state index is 0.00713. The first-order chi connectivity index (χ1) is 9.17. The average molecular weight is 262 g/mol. The van der Waals surface area contributed by atoms with Gasteiger partial charge in [-0.05, 0) is 49.1 Å². The van der Waals surface area contributed by atoms with Gasteiger partial charge in [0.05, 0.1) is 7.11 Å². The van der Waals surface area contributed by atoms with E-state index < -0.39 is 5.97 Å². The number of ether oxygens (including phenoxy) is 1. The normalized spacial score (nSPS) is 28.6. The van der Waals surface area contributed by atoms with Crippen molar-refractivity contribution in [1.82, 2.24) is 0 Å². The highest BCUT2D eigenvalue weighted by Gasteiger charge is 2.40. The van der Waals surface area contributed by atoms with Crippen LogP contribution in [0, 0.1) is 17.8 Å². The molecule has 2 aliphatic rings. The van der Waals surface area contributed by atoms with Crippen LogP contribution in [0.15, 0.2) is 16.5 Å². The second-order valence-corrected chi connectivity index (χ2v) is 5.72. The van der Waals surface area contributed by atoms with Gasteiger partial charge in [0, 0.05) is 6.42 Å². The van der Waals surface area contributed by atoms with E-state index in [9.17, 15) is 9.59 Å². The number of methoxy groups -OCH3 is 1. The lowest BCUT2D eigenvalue weighted by molar-refractivity contribution is 0.0562. The van der Waals surface area contributed by atoms with Gasteiger partial charge in [-0.3, -0.25) is 4.79 Å². The number of carbonyl (C=O) groups is 2. The van der Waals surface area contributed by atoms with Gasteiger partial charge in [0.15, 0.2) is 11.5 Å². The lowest BCUT2D eigenvalue weighted by Crippen LogP contribution is -2.15. The molecule has 0 radical (unpaired) electrons. The van der Waals surface area contributed by atoms with Crippen molar-refractivity contribution >= 4 is 11.8 Å². The largest absolute Gasteiger partial charge is 0.463 e. The fourth-order valence-corrected chi connectivity index (χ4v) is 3.66. The summed E-state index contributed by atoms with van der Waals surface area (Å²) in [5.41, 5.74) is 0. The SMILES string of the molecule is COC(=O)c1ccc(C(=O)CC2CC3CCC2C3)o1. The monoisotopic (exact) mass is 262 g/mol. The van der Waals surface area contributed by atoms with Crippen LogP contribution in [0.25, 0.3) is 0 Å². The number of esters is 1. The fourth-order valence-electron chi connectivity index (χ4n) is 3.66. The average Bonchev–Trinajstić information content (AvgIpc) is 3.13. The van der Waals surface area contributed by atoms with Crippen LogP contribution in [0.1, 0.15) is 53.2 Å². The van der Waals surface area contributed by atoms with Crippen LogP contribution in [-0.2, 0) is 4.74 Å². The molecule has 2 bridgehead atoms. The van der Waals surface area contributed by atoms with Crippen molar-refractivity contribution in [3.63, 3.8) is 0 Å². The molecule has 4 nitrogen and oxygen atoms in total. The Hall–Kier alpha value is -1.58. The summed E-state index contributed by atoms with van der Waals surface area (Å²) < 4.78 is 9.82. The van der Waals surface area contributed by atoms with Crippen LogP contribution in [0.3, 0.4) is 0 Å². The van der Waals surface area contributed by atoms with Crippen LogP contribution in [-0.4, -0.2) is 18.9 Å². The van der Waals surface area contributed by atoms with Gasteiger partial charge in [-0.2, -0.15) is 0 Å². The van der Waals surface area contributed by atoms with E-state index in [1.165, 1.54) is 38.9 Å². The van der Waals surface area contributed by atoms with E-state index in [0.29, 0.717) is 12.3 Å². The van der Waals surface area contributed by atoms with E-state index in [-0.39, 0.29) is 17.3 Å². The number of carbonyl (C=O) groups excluding carboxylic acids is 2. The molecule has 19 heavy (non-hydrogen) atoms. The number of hydrogen-bond donors (Lipinski definition) is 0. The Bertz CT molecular complexity index is 502. The van der Waals surface area contributed by atoms with Crippen molar-refractivity contribution in [3.8, 4) is 0 Å². The summed E-state index contributed by atoms with van der Waals surface area (Å²) in [5.74, 6) is 1.92. The van der Waals surface area contributed by atoms with Gasteiger partial charge in [-0.15, -0.1) is 0 Å². The highest BCUT2D eigenvalue weighted by atomic mass is 16.5. The Morgan fingerprint density at radius 2 is 2.05 bits per heavy atom. The van der Waals surface area contributed by atoms with Gasteiger partial charge in [0.2, 0.25) is 5.76 Å². The third kappa shape index (κ3) is 2.31. The van der Waals surface area contributed by atoms with Gasteiger partial charge in [-0.1, -0.05) is 6.42 Å². The Kier molecular flexibility index (Phi) is 3.17. The van der Waals surface area contributed by atoms with E-state index in [4.69, 9.17) is 4.42 Å². The van der Waals surface area contributed by atoms with Gasteiger partial charge in [0.25, 0.3) is 0 Å². The quantitative estimate of drug-likeness (QED) is 0.618. The summed E-state index contributed by atoms with van der Waals surface area (Å²) in [6.45, 7) is 0. The standard InChI is InChI=1S/C15H18O4/c1-18-15(17)14-5-4-13(19-14)12(16)8-11-7-9-2-3-10(11)6-9/h4-5,9-11H,2-3,6-8H2,1H3. The van der Waals surface area contributed by atoms with Crippen molar-refractivity contribution in [3.05, 3.63) is 23.7 Å². The Labute approximate surface area is 112 Å².